The highest BCUT2D eigenvalue weighted by Gasteiger charge is 2.26. The highest BCUT2D eigenvalue weighted by molar-refractivity contribution is 6.30. The predicted octanol–water partition coefficient (Wildman–Crippen LogP) is 3.43. The van der Waals surface area contributed by atoms with Crippen LogP contribution in [0.5, 0.6) is 11.5 Å². The van der Waals surface area contributed by atoms with Crippen LogP contribution in [-0.4, -0.2) is 54.6 Å². The number of anilines is 1. The van der Waals surface area contributed by atoms with E-state index < -0.39 is 22.1 Å². The van der Waals surface area contributed by atoms with Crippen LogP contribution in [-0.2, 0) is 0 Å². The molecule has 0 saturated heterocycles. The molecule has 0 aliphatic carbocycles. The van der Waals surface area contributed by atoms with Crippen LogP contribution < -0.4 is 20.3 Å². The average Bonchev–Trinajstić information content (AvgIpc) is 3.51. The zero-order valence-electron chi connectivity index (χ0n) is 20.6. The molecule has 3 heterocycles. The topological polar surface area (TPSA) is 172 Å². The summed E-state index contributed by atoms with van der Waals surface area (Å²) in [6, 6.07) is 10.6. The minimum absolute atomic E-state index is 0.0200. The number of nitro benzene ring substituents is 1. The minimum Gasteiger partial charge on any atom is -0.493 e. The van der Waals surface area contributed by atoms with Crippen LogP contribution in [0.25, 0.3) is 22.7 Å². The molecule has 15 heteroatoms. The van der Waals surface area contributed by atoms with Gasteiger partial charge in [-0.15, -0.1) is 0 Å². The largest absolute Gasteiger partial charge is 0.493 e. The number of amides is 1. The number of hydrogen-bond donors (Lipinski definition) is 2. The maximum atomic E-state index is 13.2. The van der Waals surface area contributed by atoms with Crippen LogP contribution in [0.4, 0.5) is 11.5 Å². The number of ether oxygens (including phenoxy) is 2. The van der Waals surface area contributed by atoms with Gasteiger partial charge in [0, 0.05) is 17.2 Å². The molecule has 0 radical (unpaired) electrons. The number of rotatable bonds is 7. The van der Waals surface area contributed by atoms with Crippen molar-refractivity contribution in [2.45, 2.75) is 6.92 Å². The number of H-pyrrole nitrogens is 1. The Morgan fingerprint density at radius 1 is 1.10 bits per heavy atom. The van der Waals surface area contributed by atoms with Crippen molar-refractivity contribution in [3.05, 3.63) is 85.4 Å². The van der Waals surface area contributed by atoms with Crippen molar-refractivity contribution in [1.82, 2.24) is 29.5 Å². The minimum atomic E-state index is -0.821. The summed E-state index contributed by atoms with van der Waals surface area (Å²) in [4.78, 5) is 44.3. The third-order valence-corrected chi connectivity index (χ3v) is 5.97. The van der Waals surface area contributed by atoms with Crippen molar-refractivity contribution in [2.75, 3.05) is 19.5 Å². The first-order valence-electron chi connectivity index (χ1n) is 11.2. The van der Waals surface area contributed by atoms with Gasteiger partial charge in [-0.3, -0.25) is 24.7 Å². The van der Waals surface area contributed by atoms with Crippen molar-refractivity contribution < 1.29 is 19.2 Å². The molecular formula is C24H19ClN8O6. The van der Waals surface area contributed by atoms with Crippen molar-refractivity contribution >= 4 is 40.0 Å². The molecule has 39 heavy (non-hydrogen) atoms. The maximum absolute atomic E-state index is 13.2. The molecule has 0 saturated carbocycles. The smallest absolute Gasteiger partial charge is 0.286 e. The highest BCUT2D eigenvalue weighted by Crippen LogP contribution is 2.35. The van der Waals surface area contributed by atoms with E-state index in [-0.39, 0.29) is 39.9 Å². The van der Waals surface area contributed by atoms with E-state index in [0.29, 0.717) is 16.4 Å². The summed E-state index contributed by atoms with van der Waals surface area (Å²) in [5, 5.41) is 23.7. The molecule has 0 aliphatic rings. The molecule has 198 valence electrons. The molecule has 0 bridgehead atoms. The Bertz CT molecular complexity index is 1810. The van der Waals surface area contributed by atoms with Crippen LogP contribution in [0.3, 0.4) is 0 Å². The molecule has 3 aromatic heterocycles. The normalized spacial score (nSPS) is 11.0. The van der Waals surface area contributed by atoms with Gasteiger partial charge in [0.2, 0.25) is 5.95 Å². The molecule has 0 aliphatic heterocycles. The lowest BCUT2D eigenvalue weighted by Crippen LogP contribution is -2.20. The molecule has 2 N–H and O–H groups in total. The molecule has 0 fully saturated rings. The summed E-state index contributed by atoms with van der Waals surface area (Å²) >= 11 is 5.99. The second-order valence-corrected chi connectivity index (χ2v) is 8.61. The van der Waals surface area contributed by atoms with E-state index in [4.69, 9.17) is 21.1 Å². The van der Waals surface area contributed by atoms with Gasteiger partial charge in [0.1, 0.15) is 16.8 Å². The number of aryl methyl sites for hydroxylation is 1. The lowest BCUT2D eigenvalue weighted by molar-refractivity contribution is -0.385. The third kappa shape index (κ3) is 4.64. The van der Waals surface area contributed by atoms with Gasteiger partial charge in [-0.05, 0) is 31.2 Å². The second kappa shape index (κ2) is 9.90. The standard InChI is InChI=1S/C24H19ClN8O6/c1-12-8-20(27-22(34)15-9-18(38-2)19(39-3)10-17(15)33(36)37)32(30-12)24-28-21-16(23(35)29-24)11-26-31(21)14-6-4-13(25)5-7-14/h4-11H,1-3H3,(H,27,34)(H,28,29,35). The monoisotopic (exact) mass is 550 g/mol. The first kappa shape index (κ1) is 25.4. The number of fused-ring (bicyclic) bond motifs is 1. The Balaban J connectivity index is 1.58. The molecule has 0 unspecified atom stereocenters. The highest BCUT2D eigenvalue weighted by atomic mass is 35.5. The summed E-state index contributed by atoms with van der Waals surface area (Å²) in [5.41, 5.74) is 0.0622. The number of aromatic nitrogens is 6. The van der Waals surface area contributed by atoms with E-state index >= 15 is 0 Å². The summed E-state index contributed by atoms with van der Waals surface area (Å²) in [6.45, 7) is 1.67. The van der Waals surface area contributed by atoms with E-state index in [1.807, 2.05) is 0 Å². The van der Waals surface area contributed by atoms with Gasteiger partial charge >= 0.3 is 0 Å². The van der Waals surface area contributed by atoms with E-state index in [2.05, 4.69) is 25.5 Å². The first-order chi connectivity index (χ1) is 18.7. The SMILES string of the molecule is COc1cc(C(=O)Nc2cc(C)nn2-c2nc3c(cnn3-c3ccc(Cl)cc3)c(=O)[nH]2)c([N+](=O)[O-])cc1OC. The Morgan fingerprint density at radius 2 is 1.79 bits per heavy atom. The van der Waals surface area contributed by atoms with Gasteiger partial charge < -0.3 is 14.8 Å². The molecular weight excluding hydrogens is 532 g/mol. The van der Waals surface area contributed by atoms with Gasteiger partial charge in [-0.25, -0.2) is 4.68 Å². The number of methoxy groups -OCH3 is 2. The van der Waals surface area contributed by atoms with Gasteiger partial charge in [0.05, 0.1) is 42.8 Å². The molecule has 0 spiro atoms. The molecule has 1 amide bonds. The summed E-state index contributed by atoms with van der Waals surface area (Å²) < 4.78 is 13.0. The van der Waals surface area contributed by atoms with Crippen LogP contribution in [0.2, 0.25) is 5.02 Å². The zero-order valence-corrected chi connectivity index (χ0v) is 21.4. The van der Waals surface area contributed by atoms with Crippen molar-refractivity contribution in [2.24, 2.45) is 0 Å². The molecule has 2 aromatic carbocycles. The molecule has 5 rings (SSSR count). The number of aromatic amines is 1. The van der Waals surface area contributed by atoms with E-state index in [1.165, 1.54) is 41.9 Å². The quantitative estimate of drug-likeness (QED) is 0.227. The van der Waals surface area contributed by atoms with E-state index in [1.54, 1.807) is 31.2 Å². The van der Waals surface area contributed by atoms with Gasteiger partial charge in [-0.1, -0.05) is 11.6 Å². The van der Waals surface area contributed by atoms with Gasteiger partial charge in [-0.2, -0.15) is 19.9 Å². The van der Waals surface area contributed by atoms with Crippen molar-refractivity contribution in [3.63, 3.8) is 0 Å². The second-order valence-electron chi connectivity index (χ2n) is 8.18. The van der Waals surface area contributed by atoms with Crippen molar-refractivity contribution in [3.8, 4) is 23.1 Å². The number of nitrogens with one attached hydrogen (secondary N) is 2. The number of benzene rings is 2. The summed E-state index contributed by atoms with van der Waals surface area (Å²) in [5.74, 6) is -0.521. The number of halogens is 1. The van der Waals surface area contributed by atoms with Gasteiger partial charge in [0.25, 0.3) is 17.2 Å². The summed E-state index contributed by atoms with van der Waals surface area (Å²) in [7, 11) is 2.67. The first-order valence-corrected chi connectivity index (χ1v) is 11.6. The Morgan fingerprint density at radius 3 is 2.46 bits per heavy atom. The Kier molecular flexibility index (Phi) is 6.45. The Labute approximate surface area is 223 Å². The van der Waals surface area contributed by atoms with E-state index in [0.717, 1.165) is 6.07 Å². The summed E-state index contributed by atoms with van der Waals surface area (Å²) in [6.07, 6.45) is 1.38. The Hall–Kier alpha value is -5.24. The lowest BCUT2D eigenvalue weighted by atomic mass is 10.1. The fourth-order valence-electron chi connectivity index (χ4n) is 3.91. The van der Waals surface area contributed by atoms with Crippen molar-refractivity contribution in [1.29, 1.82) is 0 Å². The van der Waals surface area contributed by atoms with E-state index in [9.17, 15) is 19.7 Å². The fraction of sp³-hybridized carbons (Fsp3) is 0.125. The molecule has 5 aromatic rings. The number of nitrogens with zero attached hydrogens (tertiary/aromatic N) is 6. The maximum Gasteiger partial charge on any atom is 0.286 e. The number of carbonyl (C=O) groups excluding carboxylic acids is 1. The number of hydrogen-bond acceptors (Lipinski definition) is 9. The number of nitro groups is 1. The lowest BCUT2D eigenvalue weighted by Gasteiger charge is -2.12. The van der Waals surface area contributed by atoms with Crippen LogP contribution >= 0.6 is 11.6 Å². The third-order valence-electron chi connectivity index (χ3n) is 5.71. The molecule has 14 nitrogen and oxygen atoms in total. The van der Waals surface area contributed by atoms with Crippen LogP contribution in [0, 0.1) is 17.0 Å². The predicted molar refractivity (Wildman–Crippen MR) is 141 cm³/mol. The van der Waals surface area contributed by atoms with Crippen LogP contribution in [0.1, 0.15) is 16.1 Å². The fourth-order valence-corrected chi connectivity index (χ4v) is 4.04. The van der Waals surface area contributed by atoms with Gasteiger partial charge in [0.15, 0.2) is 17.1 Å². The van der Waals surface area contributed by atoms with Crippen LogP contribution in [0.15, 0.2) is 53.5 Å². The zero-order chi connectivity index (χ0) is 27.8. The number of carbonyl (C=O) groups is 1. The molecule has 0 atom stereocenters. The average molecular weight is 551 g/mol.